The molecule has 0 aromatic heterocycles. The molecule has 0 heterocycles. The van der Waals surface area contributed by atoms with E-state index in [2.05, 4.69) is 5.32 Å². The fraction of sp³-hybridized carbons (Fsp3) is 0.364. The minimum absolute atomic E-state index is 0.325. The molecule has 0 aliphatic rings. The standard InChI is InChI=1S/C11H13N3O5/c1-11(2,3)12-10(15)7-5-4-6-8(13(16)17)9(7)14(18)19/h4-6H,1-3H3,(H,12,15). The molecule has 0 radical (unpaired) electrons. The van der Waals surface area contributed by atoms with Crippen LogP contribution in [-0.4, -0.2) is 21.3 Å². The average molecular weight is 267 g/mol. The van der Waals surface area contributed by atoms with Crippen molar-refractivity contribution in [3.05, 3.63) is 44.0 Å². The Labute approximate surface area is 108 Å². The molecule has 0 spiro atoms. The van der Waals surface area contributed by atoms with E-state index in [0.29, 0.717) is 0 Å². The van der Waals surface area contributed by atoms with E-state index >= 15 is 0 Å². The summed E-state index contributed by atoms with van der Waals surface area (Å²) in [4.78, 5) is 31.8. The van der Waals surface area contributed by atoms with Crippen LogP contribution in [-0.2, 0) is 0 Å². The Morgan fingerprint density at radius 3 is 2.16 bits per heavy atom. The van der Waals surface area contributed by atoms with Crippen LogP contribution < -0.4 is 5.32 Å². The van der Waals surface area contributed by atoms with Crippen LogP contribution in [0.2, 0.25) is 0 Å². The Balaban J connectivity index is 3.36. The highest BCUT2D eigenvalue weighted by atomic mass is 16.6. The van der Waals surface area contributed by atoms with Gasteiger partial charge in [0.05, 0.1) is 9.85 Å². The van der Waals surface area contributed by atoms with Gasteiger partial charge in [0.15, 0.2) is 0 Å². The van der Waals surface area contributed by atoms with E-state index in [9.17, 15) is 25.0 Å². The predicted octanol–water partition coefficient (Wildman–Crippen LogP) is 2.03. The van der Waals surface area contributed by atoms with Gasteiger partial charge < -0.3 is 5.32 Å². The number of nitrogens with zero attached hydrogens (tertiary/aromatic N) is 2. The van der Waals surface area contributed by atoms with Gasteiger partial charge in [0.25, 0.3) is 5.91 Å². The molecule has 8 nitrogen and oxygen atoms in total. The molecular weight excluding hydrogens is 254 g/mol. The summed E-state index contributed by atoms with van der Waals surface area (Å²) in [7, 11) is 0. The number of nitro groups is 2. The maximum atomic E-state index is 11.9. The SMILES string of the molecule is CC(C)(C)NC(=O)c1cccc([N+](=O)[O-])c1[N+](=O)[O-]. The van der Waals surface area contributed by atoms with E-state index in [-0.39, 0.29) is 5.56 Å². The molecule has 1 N–H and O–H groups in total. The lowest BCUT2D eigenvalue weighted by Gasteiger charge is -2.20. The van der Waals surface area contributed by atoms with Gasteiger partial charge in [-0.25, -0.2) is 0 Å². The number of hydrogen-bond acceptors (Lipinski definition) is 5. The smallest absolute Gasteiger partial charge is 0.347 e. The molecule has 102 valence electrons. The van der Waals surface area contributed by atoms with Gasteiger partial charge in [-0.3, -0.25) is 25.0 Å². The molecule has 0 fully saturated rings. The number of nitro benzene ring substituents is 2. The lowest BCUT2D eigenvalue weighted by molar-refractivity contribution is -0.422. The molecule has 0 saturated carbocycles. The lowest BCUT2D eigenvalue weighted by Crippen LogP contribution is -2.40. The van der Waals surface area contributed by atoms with Crippen molar-refractivity contribution in [2.45, 2.75) is 26.3 Å². The lowest BCUT2D eigenvalue weighted by atomic mass is 10.1. The van der Waals surface area contributed by atoms with Crippen LogP contribution in [0.5, 0.6) is 0 Å². The van der Waals surface area contributed by atoms with Crippen LogP contribution in [0.4, 0.5) is 11.4 Å². The number of carbonyl (C=O) groups is 1. The van der Waals surface area contributed by atoms with Gasteiger partial charge in [-0.1, -0.05) is 6.07 Å². The third kappa shape index (κ3) is 3.47. The highest BCUT2D eigenvalue weighted by Gasteiger charge is 2.32. The molecule has 1 aromatic rings. The third-order valence-corrected chi connectivity index (χ3v) is 2.13. The van der Waals surface area contributed by atoms with Gasteiger partial charge >= 0.3 is 11.4 Å². The van der Waals surface area contributed by atoms with E-state index in [1.807, 2.05) is 0 Å². The van der Waals surface area contributed by atoms with Crippen molar-refractivity contribution in [1.82, 2.24) is 5.32 Å². The first kappa shape index (κ1) is 14.6. The van der Waals surface area contributed by atoms with Crippen LogP contribution in [0.25, 0.3) is 0 Å². The average Bonchev–Trinajstić information content (AvgIpc) is 2.25. The van der Waals surface area contributed by atoms with Crippen molar-refractivity contribution in [3.63, 3.8) is 0 Å². The Hall–Kier alpha value is -2.51. The molecule has 0 unspecified atom stereocenters. The predicted molar refractivity (Wildman–Crippen MR) is 67.0 cm³/mol. The zero-order valence-electron chi connectivity index (χ0n) is 10.7. The Morgan fingerprint density at radius 2 is 1.74 bits per heavy atom. The van der Waals surface area contributed by atoms with Crippen molar-refractivity contribution in [2.24, 2.45) is 0 Å². The van der Waals surface area contributed by atoms with Gasteiger partial charge in [-0.05, 0) is 26.8 Å². The molecular formula is C11H13N3O5. The van der Waals surface area contributed by atoms with Gasteiger partial charge in [0.1, 0.15) is 5.56 Å². The van der Waals surface area contributed by atoms with Crippen LogP contribution in [0.3, 0.4) is 0 Å². The van der Waals surface area contributed by atoms with Gasteiger partial charge in [0.2, 0.25) is 0 Å². The maximum absolute atomic E-state index is 11.9. The number of para-hydroxylation sites is 1. The van der Waals surface area contributed by atoms with Crippen LogP contribution in [0, 0.1) is 20.2 Å². The van der Waals surface area contributed by atoms with Crippen LogP contribution >= 0.6 is 0 Å². The third-order valence-electron chi connectivity index (χ3n) is 2.13. The first-order valence-electron chi connectivity index (χ1n) is 5.38. The first-order chi connectivity index (χ1) is 8.63. The second-order valence-electron chi connectivity index (χ2n) is 4.89. The summed E-state index contributed by atoms with van der Waals surface area (Å²) in [5, 5.41) is 24.2. The van der Waals surface area contributed by atoms with E-state index in [4.69, 9.17) is 0 Å². The number of hydrogen-bond donors (Lipinski definition) is 1. The van der Waals surface area contributed by atoms with Crippen LogP contribution in [0.15, 0.2) is 18.2 Å². The summed E-state index contributed by atoms with van der Waals surface area (Å²) in [6, 6.07) is 3.42. The number of amides is 1. The zero-order chi connectivity index (χ0) is 14.8. The largest absolute Gasteiger partial charge is 0.358 e. The van der Waals surface area contributed by atoms with Crippen LogP contribution in [0.1, 0.15) is 31.1 Å². The summed E-state index contributed by atoms with van der Waals surface area (Å²) in [5.41, 5.74) is -2.43. The first-order valence-corrected chi connectivity index (χ1v) is 5.38. The van der Waals surface area contributed by atoms with Gasteiger partial charge in [-0.2, -0.15) is 0 Å². The second kappa shape index (κ2) is 5.01. The monoisotopic (exact) mass is 267 g/mol. The molecule has 1 rings (SSSR count). The van der Waals surface area contributed by atoms with Crippen molar-refractivity contribution < 1.29 is 14.6 Å². The fourth-order valence-electron chi connectivity index (χ4n) is 1.46. The summed E-state index contributed by atoms with van der Waals surface area (Å²) in [6.45, 7) is 5.11. The van der Waals surface area contributed by atoms with Gasteiger partial charge in [0, 0.05) is 11.6 Å². The number of rotatable bonds is 3. The molecule has 1 aromatic carbocycles. The number of benzene rings is 1. The topological polar surface area (TPSA) is 115 Å². The Morgan fingerprint density at radius 1 is 1.16 bits per heavy atom. The van der Waals surface area contributed by atoms with Crippen molar-refractivity contribution >= 4 is 17.3 Å². The molecule has 0 atom stereocenters. The molecule has 0 aliphatic carbocycles. The Kier molecular flexibility index (Phi) is 3.83. The quantitative estimate of drug-likeness (QED) is 0.664. The molecule has 19 heavy (non-hydrogen) atoms. The summed E-state index contributed by atoms with van der Waals surface area (Å²) in [5.74, 6) is -0.720. The minimum atomic E-state index is -0.921. The number of carbonyl (C=O) groups excluding carboxylic acids is 1. The maximum Gasteiger partial charge on any atom is 0.358 e. The molecule has 0 aliphatic heterocycles. The van der Waals surface area contributed by atoms with E-state index in [1.54, 1.807) is 20.8 Å². The molecule has 0 saturated heterocycles. The zero-order valence-corrected chi connectivity index (χ0v) is 10.7. The molecule has 8 heteroatoms. The molecule has 1 amide bonds. The highest BCUT2D eigenvalue weighted by Crippen LogP contribution is 2.30. The van der Waals surface area contributed by atoms with Crippen molar-refractivity contribution in [3.8, 4) is 0 Å². The highest BCUT2D eigenvalue weighted by molar-refractivity contribution is 6.00. The van der Waals surface area contributed by atoms with E-state index in [1.165, 1.54) is 12.1 Å². The summed E-state index contributed by atoms with van der Waals surface area (Å²) >= 11 is 0. The second-order valence-corrected chi connectivity index (χ2v) is 4.89. The van der Waals surface area contributed by atoms with E-state index in [0.717, 1.165) is 6.07 Å². The molecule has 0 bridgehead atoms. The fourth-order valence-corrected chi connectivity index (χ4v) is 1.46. The normalized spacial score (nSPS) is 10.9. The van der Waals surface area contributed by atoms with Crippen molar-refractivity contribution in [2.75, 3.05) is 0 Å². The van der Waals surface area contributed by atoms with Gasteiger partial charge in [-0.15, -0.1) is 0 Å². The van der Waals surface area contributed by atoms with Crippen molar-refractivity contribution in [1.29, 1.82) is 0 Å². The Bertz CT molecular complexity index is 548. The minimum Gasteiger partial charge on any atom is -0.347 e. The number of nitrogens with one attached hydrogen (secondary N) is 1. The summed E-state index contributed by atoms with van der Waals surface area (Å²) < 4.78 is 0. The van der Waals surface area contributed by atoms with E-state index < -0.39 is 32.7 Å². The summed E-state index contributed by atoms with van der Waals surface area (Å²) in [6.07, 6.45) is 0.